The van der Waals surface area contributed by atoms with Crippen LogP contribution in [0.2, 0.25) is 0 Å². The fraction of sp³-hybridized carbons (Fsp3) is 0.767. The minimum absolute atomic E-state index is 0.0274. The van der Waals surface area contributed by atoms with Crippen LogP contribution in [0, 0.1) is 29.6 Å². The van der Waals surface area contributed by atoms with Crippen molar-refractivity contribution in [3.8, 4) is 0 Å². The third-order valence-corrected chi connectivity index (χ3v) is 10.2. The number of halogens is 3. The highest BCUT2D eigenvalue weighted by atomic mass is 19.4. The molecule has 2 aliphatic carbocycles. The van der Waals surface area contributed by atoms with Crippen molar-refractivity contribution in [2.24, 2.45) is 29.6 Å². The lowest BCUT2D eigenvalue weighted by Crippen LogP contribution is -2.46. The summed E-state index contributed by atoms with van der Waals surface area (Å²) in [5, 5.41) is 0. The maximum Gasteiger partial charge on any atom is 0.418 e. The second-order valence-corrected chi connectivity index (χ2v) is 13.1. The Morgan fingerprint density at radius 2 is 1.82 bits per heavy atom. The Kier molecular flexibility index (Phi) is 7.61. The average Bonchev–Trinajstić information content (AvgIpc) is 3.43. The van der Waals surface area contributed by atoms with Crippen LogP contribution in [0.4, 0.5) is 13.2 Å². The van der Waals surface area contributed by atoms with Crippen LogP contribution in [-0.2, 0) is 17.6 Å². The number of hydrogen-bond donors (Lipinski definition) is 1. The number of aromatic nitrogens is 2. The molecule has 9 heteroatoms. The second kappa shape index (κ2) is 10.9. The van der Waals surface area contributed by atoms with Gasteiger partial charge in [0.15, 0.2) is 0 Å². The average molecular weight is 549 g/mol. The molecule has 0 radical (unpaired) electrons. The molecule has 6 rings (SSSR count). The molecule has 0 aromatic carbocycles. The number of nitrogens with one attached hydrogen (secondary N) is 1. The summed E-state index contributed by atoms with van der Waals surface area (Å²) in [5.41, 5.74) is 2.78. The fourth-order valence-corrected chi connectivity index (χ4v) is 8.08. The van der Waals surface area contributed by atoms with Crippen molar-refractivity contribution in [1.82, 2.24) is 19.3 Å². The Bertz CT molecular complexity index is 1220. The summed E-state index contributed by atoms with van der Waals surface area (Å²) in [7, 11) is 0. The second-order valence-electron chi connectivity index (χ2n) is 13.1. The van der Waals surface area contributed by atoms with Gasteiger partial charge >= 0.3 is 11.9 Å². The number of likely N-dealkylation sites (tertiary alicyclic amines) is 1. The molecule has 6 atom stereocenters. The maximum atomic E-state index is 14.3. The third-order valence-electron chi connectivity index (χ3n) is 10.2. The SMILES string of the molecule is CC1CONC1C(C1CCC1)C1CCCC(n2cc3c(C(F)(F)F)cc(CN4CCC[C@H](C)C4)cn3c2=O)C1. The van der Waals surface area contributed by atoms with Crippen molar-refractivity contribution in [2.45, 2.75) is 96.4 Å². The molecule has 4 fully saturated rings. The largest absolute Gasteiger partial charge is 0.418 e. The molecule has 4 aliphatic rings. The van der Waals surface area contributed by atoms with E-state index in [1.54, 1.807) is 10.8 Å². The van der Waals surface area contributed by atoms with E-state index >= 15 is 0 Å². The standard InChI is InChI=1S/C30H43F3N4O2/c1-19-6-5-11-35(14-19)15-21-12-25(30(31,32)33)26-17-36(29(38)37(26)16-21)24-10-4-9-23(13-24)27(22-7-3-8-22)28-20(2)18-39-34-28/h12,16-17,19-20,22-24,27-28,34H,3-11,13-15,18H2,1-2H3/t19-,20?,23?,24?,27?,28?/m0/s1. The highest BCUT2D eigenvalue weighted by molar-refractivity contribution is 5.56. The number of rotatable bonds is 6. The molecule has 216 valence electrons. The summed E-state index contributed by atoms with van der Waals surface area (Å²) in [5.74, 6) is 2.55. The third kappa shape index (κ3) is 5.43. The van der Waals surface area contributed by atoms with Crippen LogP contribution in [0.15, 0.2) is 23.3 Å². The molecular weight excluding hydrogens is 505 g/mol. The molecule has 2 aliphatic heterocycles. The number of fused-ring (bicyclic) bond motifs is 1. The van der Waals surface area contributed by atoms with Crippen molar-refractivity contribution < 1.29 is 18.0 Å². The van der Waals surface area contributed by atoms with Gasteiger partial charge in [0.2, 0.25) is 0 Å². The van der Waals surface area contributed by atoms with Gasteiger partial charge in [-0.05, 0) is 79.9 Å². The molecule has 0 bridgehead atoms. The van der Waals surface area contributed by atoms with Crippen LogP contribution in [0.3, 0.4) is 0 Å². The van der Waals surface area contributed by atoms with Crippen LogP contribution in [0.25, 0.3) is 5.52 Å². The Morgan fingerprint density at radius 3 is 2.49 bits per heavy atom. The molecule has 0 amide bonds. The van der Waals surface area contributed by atoms with Gasteiger partial charge in [-0.3, -0.25) is 13.9 Å². The zero-order chi connectivity index (χ0) is 27.3. The van der Waals surface area contributed by atoms with Gasteiger partial charge in [0.1, 0.15) is 0 Å². The normalized spacial score (nSPS) is 32.0. The Balaban J connectivity index is 1.31. The van der Waals surface area contributed by atoms with Crippen molar-refractivity contribution in [2.75, 3.05) is 19.7 Å². The first-order valence-electron chi connectivity index (χ1n) is 15.1. The summed E-state index contributed by atoms with van der Waals surface area (Å²) < 4.78 is 45.7. The van der Waals surface area contributed by atoms with Crippen LogP contribution in [0.5, 0.6) is 0 Å². The molecule has 2 saturated carbocycles. The number of pyridine rings is 1. The highest BCUT2D eigenvalue weighted by Gasteiger charge is 2.44. The molecular formula is C30H43F3N4O2. The van der Waals surface area contributed by atoms with E-state index in [2.05, 4.69) is 24.2 Å². The first-order valence-corrected chi connectivity index (χ1v) is 15.1. The molecule has 5 unspecified atom stereocenters. The van der Waals surface area contributed by atoms with Crippen molar-refractivity contribution in [3.05, 3.63) is 40.1 Å². The Labute approximate surface area is 228 Å². The smallest absolute Gasteiger partial charge is 0.301 e. The van der Waals surface area contributed by atoms with Gasteiger partial charge in [-0.15, -0.1) is 0 Å². The first kappa shape index (κ1) is 27.3. The van der Waals surface area contributed by atoms with Gasteiger partial charge in [0.25, 0.3) is 0 Å². The predicted molar refractivity (Wildman–Crippen MR) is 144 cm³/mol. The molecule has 2 aromatic rings. The van der Waals surface area contributed by atoms with Gasteiger partial charge in [-0.25, -0.2) is 4.79 Å². The summed E-state index contributed by atoms with van der Waals surface area (Å²) in [4.78, 5) is 21.5. The zero-order valence-electron chi connectivity index (χ0n) is 23.3. The number of hydrogen-bond acceptors (Lipinski definition) is 4. The van der Waals surface area contributed by atoms with E-state index in [-0.39, 0.29) is 17.2 Å². The van der Waals surface area contributed by atoms with E-state index < -0.39 is 11.7 Å². The number of imidazole rings is 1. The number of nitrogens with zero attached hydrogens (tertiary/aromatic N) is 3. The van der Waals surface area contributed by atoms with Gasteiger partial charge in [0.05, 0.1) is 17.7 Å². The lowest BCUT2D eigenvalue weighted by Gasteiger charge is -2.45. The monoisotopic (exact) mass is 548 g/mol. The van der Waals surface area contributed by atoms with E-state index in [0.717, 1.165) is 51.6 Å². The fourth-order valence-electron chi connectivity index (χ4n) is 8.08. The van der Waals surface area contributed by atoms with E-state index in [0.29, 0.717) is 54.3 Å². The van der Waals surface area contributed by atoms with E-state index in [4.69, 9.17) is 4.84 Å². The lowest BCUT2D eigenvalue weighted by atomic mass is 9.62. The summed E-state index contributed by atoms with van der Waals surface area (Å²) in [6.45, 7) is 7.33. The van der Waals surface area contributed by atoms with Gasteiger partial charge < -0.3 is 4.84 Å². The molecule has 6 nitrogen and oxygen atoms in total. The van der Waals surface area contributed by atoms with Crippen molar-refractivity contribution in [1.29, 1.82) is 0 Å². The topological polar surface area (TPSA) is 50.9 Å². The van der Waals surface area contributed by atoms with Crippen molar-refractivity contribution >= 4 is 5.52 Å². The summed E-state index contributed by atoms with van der Waals surface area (Å²) >= 11 is 0. The van der Waals surface area contributed by atoms with Crippen LogP contribution in [-0.4, -0.2) is 39.6 Å². The lowest BCUT2D eigenvalue weighted by molar-refractivity contribution is -0.136. The summed E-state index contributed by atoms with van der Waals surface area (Å²) in [6.07, 6.45) is 8.32. The van der Waals surface area contributed by atoms with Gasteiger partial charge in [0, 0.05) is 37.6 Å². The quantitative estimate of drug-likeness (QED) is 0.478. The molecule has 2 aromatic heterocycles. The van der Waals surface area contributed by atoms with Crippen molar-refractivity contribution in [3.63, 3.8) is 0 Å². The van der Waals surface area contributed by atoms with Crippen LogP contribution in [0.1, 0.15) is 88.8 Å². The Morgan fingerprint density at radius 1 is 1.05 bits per heavy atom. The van der Waals surface area contributed by atoms with Gasteiger partial charge in [-0.2, -0.15) is 18.7 Å². The van der Waals surface area contributed by atoms with Crippen LogP contribution < -0.4 is 11.2 Å². The number of alkyl halides is 3. The zero-order valence-corrected chi connectivity index (χ0v) is 23.3. The van der Waals surface area contributed by atoms with Crippen LogP contribution >= 0.6 is 0 Å². The predicted octanol–water partition coefficient (Wildman–Crippen LogP) is 6.04. The molecule has 2 saturated heterocycles. The summed E-state index contributed by atoms with van der Waals surface area (Å²) in [6, 6.07) is 1.49. The number of hydroxylamine groups is 1. The maximum absolute atomic E-state index is 14.3. The Hall–Kier alpha value is -1.84. The van der Waals surface area contributed by atoms with E-state index in [1.165, 1.54) is 35.9 Å². The molecule has 1 N–H and O–H groups in total. The first-order chi connectivity index (χ1) is 18.7. The number of piperidine rings is 1. The minimum Gasteiger partial charge on any atom is -0.301 e. The molecule has 39 heavy (non-hydrogen) atoms. The van der Waals surface area contributed by atoms with E-state index in [9.17, 15) is 18.0 Å². The molecule has 0 spiro atoms. The molecule has 4 heterocycles. The van der Waals surface area contributed by atoms with Gasteiger partial charge in [-0.1, -0.05) is 39.5 Å². The minimum atomic E-state index is -4.52. The highest BCUT2D eigenvalue weighted by Crippen LogP contribution is 2.48. The van der Waals surface area contributed by atoms with E-state index in [1.807, 2.05) is 0 Å².